The van der Waals surface area contributed by atoms with E-state index in [1.165, 1.54) is 12.1 Å². The Morgan fingerprint density at radius 3 is 2.93 bits per heavy atom. The van der Waals surface area contributed by atoms with Gasteiger partial charge in [-0.2, -0.15) is 0 Å². The third-order valence-corrected chi connectivity index (χ3v) is 1.47. The zero-order valence-corrected chi connectivity index (χ0v) is 7.25. The van der Waals surface area contributed by atoms with Crippen LogP contribution in [0.5, 0.6) is 5.75 Å². The third kappa shape index (κ3) is 2.49. The molecule has 1 aromatic carbocycles. The first-order valence-electron chi connectivity index (χ1n) is 3.86. The number of aromatic hydroxyl groups is 1. The molecule has 0 saturated carbocycles. The van der Waals surface area contributed by atoms with Gasteiger partial charge in [-0.15, -0.1) is 0 Å². The predicted octanol–water partition coefficient (Wildman–Crippen LogP) is 0.758. The van der Waals surface area contributed by atoms with Gasteiger partial charge in [0, 0.05) is 0 Å². The van der Waals surface area contributed by atoms with Gasteiger partial charge in [0.1, 0.15) is 0 Å². The largest absolute Gasteiger partial charge is 0.504 e. The Morgan fingerprint density at radius 2 is 2.29 bits per heavy atom. The standard InChI is InChI=1S/C10H8FNO2/c11-8-5-1-3-7(10(8)14)4-2-6-9(12)13/h1,3,5,14H,6H2,(H2,12,13). The molecular weight excluding hydrogens is 185 g/mol. The number of nitrogens with two attached hydrogens (primary N) is 1. The Morgan fingerprint density at radius 1 is 1.57 bits per heavy atom. The summed E-state index contributed by atoms with van der Waals surface area (Å²) in [6, 6.07) is 3.99. The van der Waals surface area contributed by atoms with Gasteiger partial charge in [-0.3, -0.25) is 4.79 Å². The lowest BCUT2D eigenvalue weighted by Crippen LogP contribution is -2.08. The molecule has 0 fully saturated rings. The van der Waals surface area contributed by atoms with Gasteiger partial charge in [-0.1, -0.05) is 17.9 Å². The molecule has 1 rings (SSSR count). The molecule has 0 atom stereocenters. The van der Waals surface area contributed by atoms with Gasteiger partial charge in [-0.25, -0.2) is 4.39 Å². The van der Waals surface area contributed by atoms with E-state index in [9.17, 15) is 9.18 Å². The van der Waals surface area contributed by atoms with Crippen LogP contribution in [-0.2, 0) is 4.79 Å². The molecule has 4 heteroatoms. The van der Waals surface area contributed by atoms with Gasteiger partial charge in [-0.05, 0) is 12.1 Å². The number of carbonyl (C=O) groups excluding carboxylic acids is 1. The summed E-state index contributed by atoms with van der Waals surface area (Å²) in [5.41, 5.74) is 4.99. The normalized spacial score (nSPS) is 8.93. The van der Waals surface area contributed by atoms with Crippen LogP contribution in [0.25, 0.3) is 0 Å². The van der Waals surface area contributed by atoms with Crippen molar-refractivity contribution in [2.45, 2.75) is 6.42 Å². The molecule has 3 N–H and O–H groups in total. The van der Waals surface area contributed by atoms with Gasteiger partial charge < -0.3 is 10.8 Å². The summed E-state index contributed by atoms with van der Waals surface area (Å²) in [6.07, 6.45) is -0.115. The van der Waals surface area contributed by atoms with Crippen LogP contribution in [-0.4, -0.2) is 11.0 Å². The third-order valence-electron chi connectivity index (χ3n) is 1.47. The number of halogens is 1. The second-order valence-corrected chi connectivity index (χ2v) is 2.58. The van der Waals surface area contributed by atoms with Crippen molar-refractivity contribution >= 4 is 5.91 Å². The molecule has 0 bridgehead atoms. The maximum atomic E-state index is 12.8. The van der Waals surface area contributed by atoms with Crippen molar-refractivity contribution in [2.24, 2.45) is 5.73 Å². The Bertz CT molecular complexity index is 418. The zero-order valence-electron chi connectivity index (χ0n) is 7.25. The maximum absolute atomic E-state index is 12.8. The van der Waals surface area contributed by atoms with E-state index in [0.717, 1.165) is 6.07 Å². The SMILES string of the molecule is NC(=O)CC#Cc1cccc(F)c1O. The number of hydrogen-bond donors (Lipinski definition) is 2. The molecule has 0 unspecified atom stereocenters. The van der Waals surface area contributed by atoms with Crippen LogP contribution >= 0.6 is 0 Å². The van der Waals surface area contributed by atoms with Gasteiger partial charge in [0.25, 0.3) is 0 Å². The molecule has 1 aromatic rings. The molecule has 0 saturated heterocycles. The van der Waals surface area contributed by atoms with E-state index in [2.05, 4.69) is 11.8 Å². The minimum atomic E-state index is -0.740. The van der Waals surface area contributed by atoms with Crippen molar-refractivity contribution < 1.29 is 14.3 Å². The highest BCUT2D eigenvalue weighted by molar-refractivity contribution is 5.76. The summed E-state index contributed by atoms with van der Waals surface area (Å²) in [6.45, 7) is 0. The number of primary amides is 1. The Labute approximate surface area is 80.4 Å². The summed E-state index contributed by atoms with van der Waals surface area (Å²) >= 11 is 0. The van der Waals surface area contributed by atoms with E-state index >= 15 is 0 Å². The Kier molecular flexibility index (Phi) is 3.08. The summed E-state index contributed by atoms with van der Waals surface area (Å²) in [5.74, 6) is 3.05. The van der Waals surface area contributed by atoms with Crippen LogP contribution in [0.3, 0.4) is 0 Å². The number of phenols is 1. The molecule has 0 aromatic heterocycles. The summed E-state index contributed by atoms with van der Waals surface area (Å²) in [7, 11) is 0. The van der Waals surface area contributed by atoms with Crippen LogP contribution in [0.4, 0.5) is 4.39 Å². The average molecular weight is 193 g/mol. The average Bonchev–Trinajstić information content (AvgIpc) is 2.12. The van der Waals surface area contributed by atoms with E-state index in [1.54, 1.807) is 0 Å². The first-order valence-corrected chi connectivity index (χ1v) is 3.86. The quantitative estimate of drug-likeness (QED) is 0.646. The van der Waals surface area contributed by atoms with Crippen molar-refractivity contribution in [3.63, 3.8) is 0 Å². The van der Waals surface area contributed by atoms with Crippen molar-refractivity contribution in [1.29, 1.82) is 0 Å². The number of para-hydroxylation sites is 1. The maximum Gasteiger partial charge on any atom is 0.229 e. The van der Waals surface area contributed by atoms with E-state index in [1.807, 2.05) is 0 Å². The van der Waals surface area contributed by atoms with Gasteiger partial charge in [0.05, 0.1) is 12.0 Å². The van der Waals surface area contributed by atoms with Crippen LogP contribution in [0.2, 0.25) is 0 Å². The smallest absolute Gasteiger partial charge is 0.229 e. The molecule has 0 aliphatic carbocycles. The minimum absolute atomic E-state index is 0.115. The molecule has 72 valence electrons. The number of phenolic OH excluding ortho intramolecular Hbond substituents is 1. The van der Waals surface area contributed by atoms with E-state index in [0.29, 0.717) is 0 Å². The fourth-order valence-electron chi connectivity index (χ4n) is 0.843. The van der Waals surface area contributed by atoms with Crippen LogP contribution in [0.1, 0.15) is 12.0 Å². The Balaban J connectivity index is 2.90. The number of benzene rings is 1. The van der Waals surface area contributed by atoms with Crippen LogP contribution in [0.15, 0.2) is 18.2 Å². The summed E-state index contributed by atoms with van der Waals surface area (Å²) in [5, 5.41) is 9.17. The monoisotopic (exact) mass is 193 g/mol. The van der Waals surface area contributed by atoms with Crippen molar-refractivity contribution in [3.05, 3.63) is 29.6 Å². The highest BCUT2D eigenvalue weighted by Gasteiger charge is 2.02. The lowest BCUT2D eigenvalue weighted by molar-refractivity contribution is -0.117. The molecule has 3 nitrogen and oxygen atoms in total. The fraction of sp³-hybridized carbons (Fsp3) is 0.100. The van der Waals surface area contributed by atoms with E-state index in [4.69, 9.17) is 10.8 Å². The second kappa shape index (κ2) is 4.28. The van der Waals surface area contributed by atoms with Crippen molar-refractivity contribution in [3.8, 4) is 17.6 Å². The lowest BCUT2D eigenvalue weighted by atomic mass is 10.2. The van der Waals surface area contributed by atoms with Crippen LogP contribution in [0, 0.1) is 17.7 Å². The molecule has 1 amide bonds. The highest BCUT2D eigenvalue weighted by atomic mass is 19.1. The van der Waals surface area contributed by atoms with Gasteiger partial charge in [0.15, 0.2) is 11.6 Å². The summed E-state index contributed by atoms with van der Waals surface area (Å²) in [4.78, 5) is 10.3. The second-order valence-electron chi connectivity index (χ2n) is 2.58. The predicted molar refractivity (Wildman–Crippen MR) is 48.8 cm³/mol. The zero-order chi connectivity index (χ0) is 10.6. The number of rotatable bonds is 1. The first-order chi connectivity index (χ1) is 6.61. The van der Waals surface area contributed by atoms with Crippen LogP contribution < -0.4 is 5.73 Å². The van der Waals surface area contributed by atoms with Gasteiger partial charge >= 0.3 is 0 Å². The lowest BCUT2D eigenvalue weighted by Gasteiger charge is -1.96. The molecule has 14 heavy (non-hydrogen) atoms. The molecule has 0 radical (unpaired) electrons. The highest BCUT2D eigenvalue weighted by Crippen LogP contribution is 2.19. The van der Waals surface area contributed by atoms with E-state index in [-0.39, 0.29) is 12.0 Å². The molecule has 0 aliphatic rings. The number of hydrogen-bond acceptors (Lipinski definition) is 2. The van der Waals surface area contributed by atoms with Crippen molar-refractivity contribution in [2.75, 3.05) is 0 Å². The molecular formula is C10H8FNO2. The fourth-order valence-corrected chi connectivity index (χ4v) is 0.843. The topological polar surface area (TPSA) is 63.3 Å². The van der Waals surface area contributed by atoms with E-state index < -0.39 is 17.5 Å². The molecule has 0 heterocycles. The number of amides is 1. The molecule has 0 aliphatic heterocycles. The van der Waals surface area contributed by atoms with Crippen molar-refractivity contribution in [1.82, 2.24) is 0 Å². The number of carbonyl (C=O) groups is 1. The summed E-state index contributed by atoms with van der Waals surface area (Å²) < 4.78 is 12.8. The first kappa shape index (κ1) is 10.1. The molecule has 0 spiro atoms. The van der Waals surface area contributed by atoms with Gasteiger partial charge in [0.2, 0.25) is 5.91 Å². The Hall–Kier alpha value is -2.02. The minimum Gasteiger partial charge on any atom is -0.504 e.